The highest BCUT2D eigenvalue weighted by molar-refractivity contribution is 7.92. The zero-order chi connectivity index (χ0) is 17.0. The van der Waals surface area contributed by atoms with Crippen LogP contribution in [0.15, 0.2) is 47.4 Å². The Morgan fingerprint density at radius 1 is 1.09 bits per heavy atom. The Morgan fingerprint density at radius 3 is 2.17 bits per heavy atom. The summed E-state index contributed by atoms with van der Waals surface area (Å²) in [7, 11) is -3.72. The Hall–Kier alpha value is -2.54. The number of anilines is 1. The molecule has 0 aliphatic rings. The number of aliphatic carboxylic acids is 1. The van der Waals surface area contributed by atoms with Crippen molar-refractivity contribution in [2.24, 2.45) is 0 Å². The molecule has 0 unspecified atom stereocenters. The summed E-state index contributed by atoms with van der Waals surface area (Å²) in [6.07, 6.45) is 0. The molecule has 6 nitrogen and oxygen atoms in total. The van der Waals surface area contributed by atoms with E-state index >= 15 is 0 Å². The van der Waals surface area contributed by atoms with Gasteiger partial charge < -0.3 is 9.84 Å². The summed E-state index contributed by atoms with van der Waals surface area (Å²) in [4.78, 5) is 10.5. The lowest BCUT2D eigenvalue weighted by Gasteiger charge is -2.10. The number of carbonyl (C=O) groups is 1. The molecule has 0 spiro atoms. The van der Waals surface area contributed by atoms with Gasteiger partial charge in [0, 0.05) is 5.69 Å². The predicted molar refractivity (Wildman–Crippen MR) is 86.3 cm³/mol. The number of rotatable bonds is 6. The van der Waals surface area contributed by atoms with Gasteiger partial charge in [0.2, 0.25) is 0 Å². The lowest BCUT2D eigenvalue weighted by Crippen LogP contribution is -2.13. The molecule has 0 saturated heterocycles. The SMILES string of the molecule is Cc1cc(C)cc(NS(=O)(=O)c2ccc(OCC(=O)O)cc2)c1. The second-order valence-electron chi connectivity index (χ2n) is 5.14. The second kappa shape index (κ2) is 6.70. The fraction of sp³-hybridized carbons (Fsp3) is 0.188. The number of hydrogen-bond donors (Lipinski definition) is 2. The molecule has 2 N–H and O–H groups in total. The molecule has 0 aliphatic carbocycles. The van der Waals surface area contributed by atoms with Crippen LogP contribution in [0.5, 0.6) is 5.75 Å². The van der Waals surface area contributed by atoms with Gasteiger partial charge in [0.1, 0.15) is 5.75 Å². The van der Waals surface area contributed by atoms with Gasteiger partial charge in [-0.15, -0.1) is 0 Å². The Labute approximate surface area is 134 Å². The van der Waals surface area contributed by atoms with Gasteiger partial charge in [0.25, 0.3) is 10.0 Å². The van der Waals surface area contributed by atoms with Gasteiger partial charge in [-0.25, -0.2) is 13.2 Å². The van der Waals surface area contributed by atoms with Crippen molar-refractivity contribution in [1.82, 2.24) is 0 Å². The highest BCUT2D eigenvalue weighted by atomic mass is 32.2. The summed E-state index contributed by atoms with van der Waals surface area (Å²) < 4.78 is 32.2. The largest absolute Gasteiger partial charge is 0.482 e. The minimum absolute atomic E-state index is 0.0688. The van der Waals surface area contributed by atoms with Crippen molar-refractivity contribution in [1.29, 1.82) is 0 Å². The first kappa shape index (κ1) is 16.8. The van der Waals surface area contributed by atoms with Crippen LogP contribution in [0.1, 0.15) is 11.1 Å². The van der Waals surface area contributed by atoms with Crippen molar-refractivity contribution in [3.05, 3.63) is 53.6 Å². The Kier molecular flexibility index (Phi) is 4.90. The second-order valence-corrected chi connectivity index (χ2v) is 6.82. The average Bonchev–Trinajstić information content (AvgIpc) is 2.44. The van der Waals surface area contributed by atoms with Crippen LogP contribution in [0.25, 0.3) is 0 Å². The van der Waals surface area contributed by atoms with Gasteiger partial charge in [0.15, 0.2) is 6.61 Å². The van der Waals surface area contributed by atoms with Crippen LogP contribution in [-0.2, 0) is 14.8 Å². The molecule has 0 amide bonds. The van der Waals surface area contributed by atoms with E-state index in [1.807, 2.05) is 19.9 Å². The molecule has 2 aromatic carbocycles. The van der Waals surface area contributed by atoms with Crippen molar-refractivity contribution >= 4 is 21.7 Å². The number of carboxylic acid groups (broad SMARTS) is 1. The molecule has 0 radical (unpaired) electrons. The minimum Gasteiger partial charge on any atom is -0.482 e. The molecule has 0 aliphatic heterocycles. The van der Waals surface area contributed by atoms with Crippen LogP contribution in [0, 0.1) is 13.8 Å². The van der Waals surface area contributed by atoms with Crippen LogP contribution in [-0.4, -0.2) is 26.1 Å². The van der Waals surface area contributed by atoms with Gasteiger partial charge in [-0.2, -0.15) is 0 Å². The molecule has 0 bridgehead atoms. The molecular formula is C16H17NO5S. The van der Waals surface area contributed by atoms with Gasteiger partial charge in [-0.05, 0) is 61.4 Å². The summed E-state index contributed by atoms with van der Waals surface area (Å²) in [6, 6.07) is 11.0. The average molecular weight is 335 g/mol. The van der Waals surface area contributed by atoms with Gasteiger partial charge in [0.05, 0.1) is 4.90 Å². The number of benzene rings is 2. The first-order valence-corrected chi connectivity index (χ1v) is 8.30. The third kappa shape index (κ3) is 4.72. The number of ether oxygens (including phenoxy) is 1. The van der Waals surface area contributed by atoms with Gasteiger partial charge in [-0.3, -0.25) is 4.72 Å². The molecule has 0 atom stereocenters. The van der Waals surface area contributed by atoms with Gasteiger partial charge in [-0.1, -0.05) is 6.07 Å². The third-order valence-corrected chi connectivity index (χ3v) is 4.37. The first-order chi connectivity index (χ1) is 10.8. The number of hydrogen-bond acceptors (Lipinski definition) is 4. The first-order valence-electron chi connectivity index (χ1n) is 6.82. The number of sulfonamides is 1. The molecule has 23 heavy (non-hydrogen) atoms. The topological polar surface area (TPSA) is 92.7 Å². The number of carboxylic acids is 1. The fourth-order valence-electron chi connectivity index (χ4n) is 2.11. The lowest BCUT2D eigenvalue weighted by atomic mass is 10.1. The Morgan fingerprint density at radius 2 is 1.65 bits per heavy atom. The maximum atomic E-state index is 12.4. The quantitative estimate of drug-likeness (QED) is 0.846. The Bertz CT molecular complexity index is 793. The zero-order valence-electron chi connectivity index (χ0n) is 12.7. The zero-order valence-corrected chi connectivity index (χ0v) is 13.6. The van der Waals surface area contributed by atoms with Crippen LogP contribution < -0.4 is 9.46 Å². The van der Waals surface area contributed by atoms with Crippen molar-refractivity contribution in [3.63, 3.8) is 0 Å². The summed E-state index contributed by atoms with van der Waals surface area (Å²) in [5.74, 6) is -0.809. The summed E-state index contributed by atoms with van der Waals surface area (Å²) in [6.45, 7) is 3.30. The van der Waals surface area contributed by atoms with E-state index in [0.717, 1.165) is 11.1 Å². The number of aryl methyl sites for hydroxylation is 2. The predicted octanol–water partition coefficient (Wildman–Crippen LogP) is 2.57. The molecule has 2 rings (SSSR count). The van der Waals surface area contributed by atoms with E-state index in [1.54, 1.807) is 12.1 Å². The normalized spacial score (nSPS) is 11.0. The smallest absolute Gasteiger partial charge is 0.341 e. The van der Waals surface area contributed by atoms with Crippen LogP contribution in [0.4, 0.5) is 5.69 Å². The van der Waals surface area contributed by atoms with E-state index in [2.05, 4.69) is 4.72 Å². The van der Waals surface area contributed by atoms with E-state index in [-0.39, 0.29) is 10.6 Å². The maximum absolute atomic E-state index is 12.4. The molecule has 122 valence electrons. The number of nitrogens with one attached hydrogen (secondary N) is 1. The minimum atomic E-state index is -3.72. The van der Waals surface area contributed by atoms with Crippen LogP contribution in [0.3, 0.4) is 0 Å². The summed E-state index contributed by atoms with van der Waals surface area (Å²) >= 11 is 0. The van der Waals surface area contributed by atoms with E-state index in [0.29, 0.717) is 5.69 Å². The van der Waals surface area contributed by atoms with Crippen molar-refractivity contribution in [3.8, 4) is 5.75 Å². The molecular weight excluding hydrogens is 318 g/mol. The fourth-order valence-corrected chi connectivity index (χ4v) is 3.15. The highest BCUT2D eigenvalue weighted by Crippen LogP contribution is 2.21. The molecule has 0 aromatic heterocycles. The molecule has 2 aromatic rings. The van der Waals surface area contributed by atoms with Gasteiger partial charge >= 0.3 is 5.97 Å². The standard InChI is InChI=1S/C16H17NO5S/c1-11-7-12(2)9-13(8-11)17-23(20,21)15-5-3-14(4-6-15)22-10-16(18)19/h3-9,17H,10H2,1-2H3,(H,18,19). The van der Waals surface area contributed by atoms with Crippen LogP contribution in [0.2, 0.25) is 0 Å². The molecule has 0 fully saturated rings. The molecule has 0 heterocycles. The molecule has 0 saturated carbocycles. The van der Waals surface area contributed by atoms with Crippen LogP contribution >= 0.6 is 0 Å². The van der Waals surface area contributed by atoms with E-state index in [1.165, 1.54) is 24.3 Å². The lowest BCUT2D eigenvalue weighted by molar-refractivity contribution is -0.139. The summed E-state index contributed by atoms with van der Waals surface area (Å²) in [5.41, 5.74) is 2.41. The van der Waals surface area contributed by atoms with Crippen molar-refractivity contribution < 1.29 is 23.1 Å². The highest BCUT2D eigenvalue weighted by Gasteiger charge is 2.14. The Balaban J connectivity index is 2.17. The summed E-state index contributed by atoms with van der Waals surface area (Å²) in [5, 5.41) is 8.54. The van der Waals surface area contributed by atoms with Crippen molar-refractivity contribution in [2.75, 3.05) is 11.3 Å². The van der Waals surface area contributed by atoms with E-state index < -0.39 is 22.6 Å². The molecule has 7 heteroatoms. The monoisotopic (exact) mass is 335 g/mol. The van der Waals surface area contributed by atoms with Crippen molar-refractivity contribution in [2.45, 2.75) is 18.7 Å². The van der Waals surface area contributed by atoms with E-state index in [9.17, 15) is 13.2 Å². The van der Waals surface area contributed by atoms with E-state index in [4.69, 9.17) is 9.84 Å². The third-order valence-electron chi connectivity index (χ3n) is 2.97. The maximum Gasteiger partial charge on any atom is 0.341 e.